The first kappa shape index (κ1) is 13.8. The van der Waals surface area contributed by atoms with E-state index in [4.69, 9.17) is 9.47 Å². The Bertz CT molecular complexity index is 710. The highest BCUT2D eigenvalue weighted by atomic mass is 32.1. The zero-order chi connectivity index (χ0) is 15.0. The van der Waals surface area contributed by atoms with Crippen LogP contribution in [-0.4, -0.2) is 25.8 Å². The van der Waals surface area contributed by atoms with E-state index in [1.54, 1.807) is 32.4 Å². The number of allylic oxidation sites excluding steroid dienone is 2. The highest BCUT2D eigenvalue weighted by Gasteiger charge is 2.24. The summed E-state index contributed by atoms with van der Waals surface area (Å²) in [7, 11) is 3.15. The van der Waals surface area contributed by atoms with Gasteiger partial charge in [-0.25, -0.2) is 0 Å². The number of hydrogen-bond acceptors (Lipinski definition) is 5. The van der Waals surface area contributed by atoms with Crippen molar-refractivity contribution in [3.05, 3.63) is 35.2 Å². The summed E-state index contributed by atoms with van der Waals surface area (Å²) < 4.78 is 11.4. The normalized spacial score (nSPS) is 13.4. The lowest BCUT2D eigenvalue weighted by molar-refractivity contribution is -0.118. The molecular weight excluding hydrogens is 288 g/mol. The molecule has 108 valence electrons. The molecule has 3 rings (SSSR count). The number of ether oxygens (including phenoxy) is 2. The van der Waals surface area contributed by atoms with Gasteiger partial charge in [0.05, 0.1) is 31.4 Å². The van der Waals surface area contributed by atoms with E-state index in [-0.39, 0.29) is 23.9 Å². The maximum absolute atomic E-state index is 12.2. The number of fused-ring (bicyclic) bond motifs is 1. The Kier molecular flexibility index (Phi) is 3.51. The van der Waals surface area contributed by atoms with E-state index < -0.39 is 0 Å². The van der Waals surface area contributed by atoms with Gasteiger partial charge in [0.25, 0.3) is 0 Å². The summed E-state index contributed by atoms with van der Waals surface area (Å²) in [5.41, 5.74) is 0. The van der Waals surface area contributed by atoms with Gasteiger partial charge in [0.15, 0.2) is 23.1 Å². The number of carbonyl (C=O) groups excluding carboxylic acids is 2. The van der Waals surface area contributed by atoms with Crippen LogP contribution in [0.15, 0.2) is 30.4 Å². The molecule has 0 unspecified atom stereocenters. The first-order chi connectivity index (χ1) is 10.1. The molecule has 0 aliphatic heterocycles. The molecule has 0 saturated heterocycles. The summed E-state index contributed by atoms with van der Waals surface area (Å²) in [6, 6.07) is 5.49. The summed E-state index contributed by atoms with van der Waals surface area (Å²) in [6.45, 7) is 0. The maximum atomic E-state index is 12.2. The van der Waals surface area contributed by atoms with Crippen molar-refractivity contribution in [2.45, 2.75) is 6.42 Å². The van der Waals surface area contributed by atoms with Gasteiger partial charge in [0.1, 0.15) is 0 Å². The fourth-order valence-corrected chi connectivity index (χ4v) is 3.15. The van der Waals surface area contributed by atoms with Gasteiger partial charge in [-0.15, -0.1) is 11.3 Å². The third kappa shape index (κ3) is 2.69. The number of carbonyl (C=O) groups is 2. The van der Waals surface area contributed by atoms with Crippen LogP contribution in [0.5, 0.6) is 11.5 Å². The minimum atomic E-state index is -0.132. The first-order valence-corrected chi connectivity index (χ1v) is 7.34. The molecular formula is C16H14O4S. The second-order valence-corrected chi connectivity index (χ2v) is 5.92. The van der Waals surface area contributed by atoms with Crippen molar-refractivity contribution in [3.63, 3.8) is 0 Å². The lowest BCUT2D eigenvalue weighted by Gasteiger charge is -2.06. The number of methoxy groups -OCH3 is 2. The molecule has 1 aliphatic carbocycles. The van der Waals surface area contributed by atoms with Crippen LogP contribution >= 0.6 is 11.3 Å². The van der Waals surface area contributed by atoms with Crippen molar-refractivity contribution in [1.82, 2.24) is 0 Å². The van der Waals surface area contributed by atoms with E-state index >= 15 is 0 Å². The standard InChI is InChI=1S/C16H14O4S/c1-19-13-5-10-6-16(21-15(10)8-14(13)20-2)12(18)7-11(17)9-3-4-9/h3-6,8-9H,7H2,1-2H3. The topological polar surface area (TPSA) is 52.6 Å². The molecule has 1 aliphatic rings. The highest BCUT2D eigenvalue weighted by Crippen LogP contribution is 2.36. The van der Waals surface area contributed by atoms with E-state index in [0.29, 0.717) is 16.4 Å². The third-order valence-electron chi connectivity index (χ3n) is 3.39. The summed E-state index contributed by atoms with van der Waals surface area (Å²) in [6.07, 6.45) is 3.56. The second kappa shape index (κ2) is 5.33. The lowest BCUT2D eigenvalue weighted by Crippen LogP contribution is -2.09. The van der Waals surface area contributed by atoms with E-state index in [1.165, 1.54) is 11.3 Å². The minimum absolute atomic E-state index is 0.0346. The van der Waals surface area contributed by atoms with Crippen LogP contribution < -0.4 is 9.47 Å². The molecule has 21 heavy (non-hydrogen) atoms. The molecule has 1 heterocycles. The van der Waals surface area contributed by atoms with Gasteiger partial charge in [0.2, 0.25) is 0 Å². The van der Waals surface area contributed by atoms with Gasteiger partial charge in [-0.3, -0.25) is 9.59 Å². The van der Waals surface area contributed by atoms with E-state index in [0.717, 1.165) is 10.1 Å². The summed E-state index contributed by atoms with van der Waals surface area (Å²) in [5, 5.41) is 0.915. The Morgan fingerprint density at radius 2 is 1.76 bits per heavy atom. The van der Waals surface area contributed by atoms with Gasteiger partial charge < -0.3 is 9.47 Å². The van der Waals surface area contributed by atoms with Gasteiger partial charge >= 0.3 is 0 Å². The van der Waals surface area contributed by atoms with Crippen LogP contribution in [0.1, 0.15) is 16.1 Å². The Morgan fingerprint density at radius 3 is 2.38 bits per heavy atom. The van der Waals surface area contributed by atoms with Crippen molar-refractivity contribution in [3.8, 4) is 11.5 Å². The van der Waals surface area contributed by atoms with Crippen LogP contribution in [0.3, 0.4) is 0 Å². The predicted octanol–water partition coefficient (Wildman–Crippen LogP) is 3.25. The fraction of sp³-hybridized carbons (Fsp3) is 0.250. The van der Waals surface area contributed by atoms with Crippen LogP contribution in [0, 0.1) is 5.92 Å². The molecule has 0 radical (unpaired) electrons. The maximum Gasteiger partial charge on any atom is 0.180 e. The van der Waals surface area contributed by atoms with Gasteiger partial charge in [-0.2, -0.15) is 0 Å². The van der Waals surface area contributed by atoms with Gasteiger partial charge in [0, 0.05) is 10.8 Å². The number of hydrogen-bond donors (Lipinski definition) is 0. The third-order valence-corrected chi connectivity index (χ3v) is 4.53. The Balaban J connectivity index is 1.89. The van der Waals surface area contributed by atoms with Crippen molar-refractivity contribution in [1.29, 1.82) is 0 Å². The van der Waals surface area contributed by atoms with E-state index in [1.807, 2.05) is 12.1 Å². The quantitative estimate of drug-likeness (QED) is 0.467. The van der Waals surface area contributed by atoms with Crippen LogP contribution in [0.2, 0.25) is 0 Å². The van der Waals surface area contributed by atoms with E-state index in [9.17, 15) is 9.59 Å². The molecule has 4 nitrogen and oxygen atoms in total. The van der Waals surface area contributed by atoms with Crippen molar-refractivity contribution in [2.75, 3.05) is 14.2 Å². The predicted molar refractivity (Wildman–Crippen MR) is 81.5 cm³/mol. The molecule has 0 bridgehead atoms. The molecule has 5 heteroatoms. The molecule has 0 amide bonds. The zero-order valence-electron chi connectivity index (χ0n) is 11.7. The average molecular weight is 302 g/mol. The van der Waals surface area contributed by atoms with Crippen LogP contribution in [0.25, 0.3) is 10.1 Å². The molecule has 0 fully saturated rings. The second-order valence-electron chi connectivity index (χ2n) is 4.83. The number of rotatable bonds is 6. The molecule has 0 N–H and O–H groups in total. The zero-order valence-corrected chi connectivity index (χ0v) is 12.5. The molecule has 0 atom stereocenters. The molecule has 1 aromatic carbocycles. The smallest absolute Gasteiger partial charge is 0.180 e. The lowest BCUT2D eigenvalue weighted by atomic mass is 10.1. The Labute approximate surface area is 126 Å². The number of benzene rings is 1. The summed E-state index contributed by atoms with van der Waals surface area (Å²) in [5.74, 6) is 0.966. The van der Waals surface area contributed by atoms with Crippen LogP contribution in [0.4, 0.5) is 0 Å². The van der Waals surface area contributed by atoms with Gasteiger partial charge in [-0.05, 0) is 17.5 Å². The Morgan fingerprint density at radius 1 is 1.10 bits per heavy atom. The van der Waals surface area contributed by atoms with Crippen molar-refractivity contribution < 1.29 is 19.1 Å². The highest BCUT2D eigenvalue weighted by molar-refractivity contribution is 7.20. The monoisotopic (exact) mass is 302 g/mol. The van der Waals surface area contributed by atoms with Gasteiger partial charge in [-0.1, -0.05) is 12.2 Å². The average Bonchev–Trinajstić information content (AvgIpc) is 3.25. The molecule has 0 saturated carbocycles. The summed E-state index contributed by atoms with van der Waals surface area (Å²) >= 11 is 1.37. The first-order valence-electron chi connectivity index (χ1n) is 6.52. The van der Waals surface area contributed by atoms with Crippen LogP contribution in [-0.2, 0) is 4.79 Å². The van der Waals surface area contributed by atoms with Crippen molar-refractivity contribution >= 4 is 33.0 Å². The largest absolute Gasteiger partial charge is 0.493 e. The number of ketones is 2. The SMILES string of the molecule is COc1cc2cc(C(=O)CC(=O)C3C=C3)sc2cc1OC. The number of thiophene rings is 1. The molecule has 1 aromatic heterocycles. The summed E-state index contributed by atoms with van der Waals surface area (Å²) in [4.78, 5) is 24.4. The molecule has 0 spiro atoms. The Hall–Kier alpha value is -2.14. The van der Waals surface area contributed by atoms with Crippen molar-refractivity contribution in [2.24, 2.45) is 5.92 Å². The van der Waals surface area contributed by atoms with E-state index in [2.05, 4.69) is 0 Å². The fourth-order valence-electron chi connectivity index (χ4n) is 2.14. The minimum Gasteiger partial charge on any atom is -0.493 e. The molecule has 2 aromatic rings. The number of Topliss-reactive ketones (excluding diaryl/α,β-unsaturated/α-hetero) is 2.